The van der Waals surface area contributed by atoms with E-state index in [9.17, 15) is 0 Å². The molecule has 0 aliphatic carbocycles. The summed E-state index contributed by atoms with van der Waals surface area (Å²) in [6.07, 6.45) is 4.82. The molecule has 1 aromatic heterocycles. The monoisotopic (exact) mass is 250 g/mol. The predicted molar refractivity (Wildman–Crippen MR) is 57.2 cm³/mol. The lowest BCUT2D eigenvalue weighted by Crippen LogP contribution is -1.86. The molecule has 4 nitrogen and oxygen atoms in total. The van der Waals surface area contributed by atoms with Gasteiger partial charge in [0.15, 0.2) is 0 Å². The number of aromatic nitrogens is 3. The van der Waals surface area contributed by atoms with E-state index in [1.807, 2.05) is 24.3 Å². The highest BCUT2D eigenvalue weighted by Crippen LogP contribution is 2.09. The molecule has 1 aromatic carbocycles. The van der Waals surface area contributed by atoms with Crippen LogP contribution in [0.25, 0.3) is 0 Å². The van der Waals surface area contributed by atoms with Crippen LogP contribution < -0.4 is 0 Å². The van der Waals surface area contributed by atoms with E-state index in [1.165, 1.54) is 12.7 Å². The normalized spacial score (nSPS) is 10.9. The fourth-order valence-electron chi connectivity index (χ4n) is 0.975. The zero-order valence-electron chi connectivity index (χ0n) is 7.21. The molecule has 1 heterocycles. The number of nitrogens with zero attached hydrogens (tertiary/aromatic N) is 4. The molecule has 70 valence electrons. The van der Waals surface area contributed by atoms with Crippen molar-refractivity contribution in [2.75, 3.05) is 0 Å². The van der Waals surface area contributed by atoms with Crippen molar-refractivity contribution in [2.45, 2.75) is 0 Å². The van der Waals surface area contributed by atoms with Crippen LogP contribution in [0.1, 0.15) is 5.56 Å². The van der Waals surface area contributed by atoms with Crippen LogP contribution in [0.5, 0.6) is 0 Å². The maximum Gasteiger partial charge on any atom is 0.141 e. The molecular weight excluding hydrogens is 244 g/mol. The third-order valence-corrected chi connectivity index (χ3v) is 2.09. The topological polar surface area (TPSA) is 43.1 Å². The lowest BCUT2D eigenvalue weighted by atomic mass is 10.2. The van der Waals surface area contributed by atoms with Crippen molar-refractivity contribution in [3.8, 4) is 0 Å². The predicted octanol–water partition coefficient (Wildman–Crippen LogP) is 1.92. The molecule has 0 saturated carbocycles. The number of rotatable bonds is 2. The van der Waals surface area contributed by atoms with Crippen molar-refractivity contribution in [1.29, 1.82) is 0 Å². The minimum absolute atomic E-state index is 1.02. The van der Waals surface area contributed by atoms with Gasteiger partial charge in [-0.2, -0.15) is 5.10 Å². The summed E-state index contributed by atoms with van der Waals surface area (Å²) >= 11 is 3.39. The Morgan fingerprint density at radius 3 is 2.79 bits per heavy atom. The molecule has 0 radical (unpaired) electrons. The van der Waals surface area contributed by atoms with E-state index in [0.717, 1.165) is 10.0 Å². The molecule has 2 aromatic rings. The molecule has 5 heteroatoms. The summed E-state index contributed by atoms with van der Waals surface area (Å²) in [4.78, 5) is 0. The Balaban J connectivity index is 2.18. The molecule has 0 saturated heterocycles. The van der Waals surface area contributed by atoms with E-state index in [4.69, 9.17) is 0 Å². The van der Waals surface area contributed by atoms with Gasteiger partial charge in [-0.15, -0.1) is 10.2 Å². The largest absolute Gasteiger partial charge is 0.208 e. The SMILES string of the molecule is Brc1cccc(C=Nn2cnnc2)c1. The first kappa shape index (κ1) is 9.08. The third-order valence-electron chi connectivity index (χ3n) is 1.60. The molecule has 2 rings (SSSR count). The summed E-state index contributed by atoms with van der Waals surface area (Å²) in [5.41, 5.74) is 1.02. The second-order valence-electron chi connectivity index (χ2n) is 2.64. The molecule has 0 atom stereocenters. The Bertz CT molecular complexity index is 436. The van der Waals surface area contributed by atoms with Crippen molar-refractivity contribution in [2.24, 2.45) is 5.10 Å². The van der Waals surface area contributed by atoms with E-state index < -0.39 is 0 Å². The van der Waals surface area contributed by atoms with Gasteiger partial charge in [-0.1, -0.05) is 28.1 Å². The smallest absolute Gasteiger partial charge is 0.141 e. The molecule has 0 bridgehead atoms. The Morgan fingerprint density at radius 2 is 2.07 bits per heavy atom. The average molecular weight is 251 g/mol. The minimum atomic E-state index is 1.02. The van der Waals surface area contributed by atoms with Gasteiger partial charge in [0, 0.05) is 4.47 Å². The van der Waals surface area contributed by atoms with Gasteiger partial charge in [0.25, 0.3) is 0 Å². The van der Waals surface area contributed by atoms with Gasteiger partial charge in [-0.25, -0.2) is 4.68 Å². The van der Waals surface area contributed by atoms with Crippen LogP contribution in [0.15, 0.2) is 46.5 Å². The van der Waals surface area contributed by atoms with E-state index in [0.29, 0.717) is 0 Å². The van der Waals surface area contributed by atoms with E-state index in [1.54, 1.807) is 10.9 Å². The van der Waals surface area contributed by atoms with Gasteiger partial charge in [0.05, 0.1) is 6.21 Å². The Morgan fingerprint density at radius 1 is 1.29 bits per heavy atom. The van der Waals surface area contributed by atoms with Gasteiger partial charge in [-0.05, 0) is 17.7 Å². The summed E-state index contributed by atoms with van der Waals surface area (Å²) in [5, 5.41) is 11.4. The molecule has 0 N–H and O–H groups in total. The maximum absolute atomic E-state index is 4.12. The van der Waals surface area contributed by atoms with Crippen LogP contribution in [-0.4, -0.2) is 21.1 Å². The van der Waals surface area contributed by atoms with E-state index >= 15 is 0 Å². The van der Waals surface area contributed by atoms with Crippen LogP contribution in [0, 0.1) is 0 Å². The van der Waals surface area contributed by atoms with Crippen LogP contribution in [0.3, 0.4) is 0 Å². The highest BCUT2D eigenvalue weighted by atomic mass is 79.9. The van der Waals surface area contributed by atoms with E-state index in [2.05, 4.69) is 31.2 Å². The molecule has 0 aliphatic heterocycles. The fourth-order valence-corrected chi connectivity index (χ4v) is 1.39. The second-order valence-corrected chi connectivity index (χ2v) is 3.56. The molecule has 0 unspecified atom stereocenters. The first-order chi connectivity index (χ1) is 6.84. The second kappa shape index (κ2) is 4.15. The fraction of sp³-hybridized carbons (Fsp3) is 0. The highest BCUT2D eigenvalue weighted by Gasteiger charge is 1.89. The van der Waals surface area contributed by atoms with Crippen LogP contribution in [0.2, 0.25) is 0 Å². The van der Waals surface area contributed by atoms with Crippen molar-refractivity contribution in [3.63, 3.8) is 0 Å². The van der Waals surface area contributed by atoms with Gasteiger partial charge >= 0.3 is 0 Å². The zero-order chi connectivity index (χ0) is 9.80. The zero-order valence-corrected chi connectivity index (χ0v) is 8.79. The Kier molecular flexibility index (Phi) is 2.69. The number of benzene rings is 1. The summed E-state index contributed by atoms with van der Waals surface area (Å²) in [6, 6.07) is 7.88. The lowest BCUT2D eigenvalue weighted by Gasteiger charge is -1.93. The Hall–Kier alpha value is -1.49. The molecule has 14 heavy (non-hydrogen) atoms. The van der Waals surface area contributed by atoms with Gasteiger partial charge in [0.2, 0.25) is 0 Å². The lowest BCUT2D eigenvalue weighted by molar-refractivity contribution is 0.878. The molecule has 0 fully saturated rings. The summed E-state index contributed by atoms with van der Waals surface area (Å²) < 4.78 is 2.58. The molecule has 0 aliphatic rings. The van der Waals surface area contributed by atoms with Crippen LogP contribution >= 0.6 is 15.9 Å². The molecule has 0 amide bonds. The summed E-state index contributed by atoms with van der Waals surface area (Å²) in [7, 11) is 0. The van der Waals surface area contributed by atoms with Crippen molar-refractivity contribution >= 4 is 22.1 Å². The Labute approximate surface area is 89.4 Å². The third kappa shape index (κ3) is 2.26. The van der Waals surface area contributed by atoms with Gasteiger partial charge in [0.1, 0.15) is 12.7 Å². The maximum atomic E-state index is 4.12. The van der Waals surface area contributed by atoms with Crippen molar-refractivity contribution < 1.29 is 0 Å². The van der Waals surface area contributed by atoms with Crippen molar-refractivity contribution in [1.82, 2.24) is 14.9 Å². The summed E-state index contributed by atoms with van der Waals surface area (Å²) in [6.45, 7) is 0. The standard InChI is InChI=1S/C9H7BrN4/c10-9-3-1-2-8(4-9)5-13-14-6-11-12-7-14/h1-7H. The van der Waals surface area contributed by atoms with Crippen LogP contribution in [0.4, 0.5) is 0 Å². The average Bonchev–Trinajstić information content (AvgIpc) is 2.67. The molecular formula is C9H7BrN4. The van der Waals surface area contributed by atoms with E-state index in [-0.39, 0.29) is 0 Å². The van der Waals surface area contributed by atoms with Gasteiger partial charge < -0.3 is 0 Å². The van der Waals surface area contributed by atoms with Crippen LogP contribution in [-0.2, 0) is 0 Å². The van der Waals surface area contributed by atoms with Crippen molar-refractivity contribution in [3.05, 3.63) is 47.0 Å². The highest BCUT2D eigenvalue weighted by molar-refractivity contribution is 9.10. The van der Waals surface area contributed by atoms with Gasteiger partial charge in [-0.3, -0.25) is 0 Å². The summed E-state index contributed by atoms with van der Waals surface area (Å²) in [5.74, 6) is 0. The number of halogens is 1. The first-order valence-corrected chi connectivity index (χ1v) is 4.78. The molecule has 0 spiro atoms. The first-order valence-electron chi connectivity index (χ1n) is 3.99. The number of hydrogen-bond donors (Lipinski definition) is 0. The number of hydrogen-bond acceptors (Lipinski definition) is 3. The quantitative estimate of drug-likeness (QED) is 0.765. The minimum Gasteiger partial charge on any atom is -0.208 e.